The minimum atomic E-state index is 0.208. The fourth-order valence-corrected chi connectivity index (χ4v) is 1.84. The van der Waals surface area contributed by atoms with Gasteiger partial charge in [0.2, 0.25) is 0 Å². The molecule has 0 saturated heterocycles. The second-order valence-corrected chi connectivity index (χ2v) is 4.08. The summed E-state index contributed by atoms with van der Waals surface area (Å²) in [7, 11) is 0. The molecule has 1 unspecified atom stereocenters. The van der Waals surface area contributed by atoms with Crippen LogP contribution in [0.2, 0.25) is 0 Å². The van der Waals surface area contributed by atoms with Gasteiger partial charge in [-0.05, 0) is 18.4 Å². The first-order chi connectivity index (χ1) is 6.86. The average Bonchev–Trinajstić information content (AvgIpc) is 2.87. The summed E-state index contributed by atoms with van der Waals surface area (Å²) < 4.78 is 0. The topological polar surface area (TPSA) is 53.6 Å². The van der Waals surface area contributed by atoms with Crippen LogP contribution in [0, 0.1) is 0 Å². The zero-order valence-corrected chi connectivity index (χ0v) is 8.71. The van der Waals surface area contributed by atoms with Gasteiger partial charge in [-0.3, -0.25) is 5.10 Å². The van der Waals surface area contributed by atoms with Gasteiger partial charge in [0, 0.05) is 11.4 Å². The van der Waals surface area contributed by atoms with Crippen LogP contribution >= 0.6 is 11.3 Å². The quantitative estimate of drug-likeness (QED) is 0.804. The average molecular weight is 208 g/mol. The number of thiophene rings is 1. The first-order valence-corrected chi connectivity index (χ1v) is 5.35. The first-order valence-electron chi connectivity index (χ1n) is 4.47. The van der Waals surface area contributed by atoms with Crippen molar-refractivity contribution in [3.05, 3.63) is 34.5 Å². The van der Waals surface area contributed by atoms with Gasteiger partial charge in [-0.2, -0.15) is 5.10 Å². The van der Waals surface area contributed by atoms with Crippen molar-refractivity contribution in [1.82, 2.24) is 20.5 Å². The highest BCUT2D eigenvalue weighted by molar-refractivity contribution is 7.09. The lowest BCUT2D eigenvalue weighted by atomic mass is 10.3. The summed E-state index contributed by atoms with van der Waals surface area (Å²) in [6.07, 6.45) is 1.53. The molecule has 0 saturated carbocycles. The fraction of sp³-hybridized carbons (Fsp3) is 0.333. The summed E-state index contributed by atoms with van der Waals surface area (Å²) >= 11 is 1.75. The van der Waals surface area contributed by atoms with E-state index in [4.69, 9.17) is 0 Å². The van der Waals surface area contributed by atoms with Crippen molar-refractivity contribution in [3.63, 3.8) is 0 Å². The third-order valence-corrected chi connectivity index (χ3v) is 2.88. The van der Waals surface area contributed by atoms with E-state index in [1.54, 1.807) is 11.3 Å². The van der Waals surface area contributed by atoms with Crippen molar-refractivity contribution in [2.45, 2.75) is 19.5 Å². The van der Waals surface area contributed by atoms with E-state index in [0.717, 1.165) is 12.4 Å². The lowest BCUT2D eigenvalue weighted by molar-refractivity contribution is 0.551. The van der Waals surface area contributed by atoms with Crippen molar-refractivity contribution < 1.29 is 0 Å². The van der Waals surface area contributed by atoms with Gasteiger partial charge < -0.3 is 5.32 Å². The summed E-state index contributed by atoms with van der Waals surface area (Å²) in [4.78, 5) is 5.42. The molecule has 5 heteroatoms. The number of hydrogen-bond acceptors (Lipinski definition) is 4. The number of hydrogen-bond donors (Lipinski definition) is 2. The largest absolute Gasteiger partial charge is 0.303 e. The van der Waals surface area contributed by atoms with Crippen LogP contribution in [0.4, 0.5) is 0 Å². The Kier molecular flexibility index (Phi) is 2.90. The van der Waals surface area contributed by atoms with Crippen molar-refractivity contribution in [3.8, 4) is 0 Å². The van der Waals surface area contributed by atoms with E-state index in [1.165, 1.54) is 11.2 Å². The minimum absolute atomic E-state index is 0.208. The maximum absolute atomic E-state index is 4.09. The third kappa shape index (κ3) is 2.18. The lowest BCUT2D eigenvalue weighted by Crippen LogP contribution is -2.18. The molecule has 4 nitrogen and oxygen atoms in total. The zero-order chi connectivity index (χ0) is 9.80. The molecule has 2 aromatic heterocycles. The Morgan fingerprint density at radius 2 is 2.57 bits per heavy atom. The van der Waals surface area contributed by atoms with E-state index >= 15 is 0 Å². The highest BCUT2D eigenvalue weighted by atomic mass is 32.1. The van der Waals surface area contributed by atoms with Crippen LogP contribution in [0.3, 0.4) is 0 Å². The van der Waals surface area contributed by atoms with E-state index in [-0.39, 0.29) is 6.04 Å². The molecular weight excluding hydrogens is 196 g/mol. The molecule has 0 amide bonds. The number of aromatic nitrogens is 3. The van der Waals surface area contributed by atoms with Gasteiger partial charge in [0.15, 0.2) is 0 Å². The number of aromatic amines is 1. The Bertz CT molecular complexity index is 354. The van der Waals surface area contributed by atoms with Gasteiger partial charge >= 0.3 is 0 Å². The molecule has 14 heavy (non-hydrogen) atoms. The van der Waals surface area contributed by atoms with Crippen LogP contribution in [-0.4, -0.2) is 15.2 Å². The minimum Gasteiger partial charge on any atom is -0.303 e. The predicted octanol–water partition coefficient (Wildman–Crippen LogP) is 1.72. The number of rotatable bonds is 4. The van der Waals surface area contributed by atoms with Crippen LogP contribution in [-0.2, 0) is 6.54 Å². The molecule has 2 heterocycles. The molecular formula is C9H12N4S. The second kappa shape index (κ2) is 4.34. The monoisotopic (exact) mass is 208 g/mol. The van der Waals surface area contributed by atoms with Crippen LogP contribution in [0.15, 0.2) is 23.8 Å². The normalized spacial score (nSPS) is 12.9. The van der Waals surface area contributed by atoms with Gasteiger partial charge in [-0.25, -0.2) is 4.98 Å². The molecule has 0 radical (unpaired) electrons. The Hall–Kier alpha value is -1.20. The highest BCUT2D eigenvalue weighted by Crippen LogP contribution is 2.10. The standard InChI is InChI=1S/C9H12N4S/c1-7(9-11-6-12-13-9)10-5-8-3-2-4-14-8/h2-4,6-7,10H,5H2,1H3,(H,11,12,13). The molecule has 0 fully saturated rings. The van der Waals surface area contributed by atoms with Crippen molar-refractivity contribution in [2.24, 2.45) is 0 Å². The maximum Gasteiger partial charge on any atom is 0.141 e. The maximum atomic E-state index is 4.09. The van der Waals surface area contributed by atoms with Crippen LogP contribution in [0.25, 0.3) is 0 Å². The fourth-order valence-electron chi connectivity index (χ4n) is 1.19. The SMILES string of the molecule is CC(NCc1cccs1)c1ncn[nH]1. The van der Waals surface area contributed by atoms with Gasteiger partial charge in [0.05, 0.1) is 6.04 Å². The number of nitrogens with one attached hydrogen (secondary N) is 2. The second-order valence-electron chi connectivity index (χ2n) is 3.05. The summed E-state index contributed by atoms with van der Waals surface area (Å²) in [5.41, 5.74) is 0. The zero-order valence-electron chi connectivity index (χ0n) is 7.90. The molecule has 0 aliphatic heterocycles. The van der Waals surface area contributed by atoms with Crippen molar-refractivity contribution >= 4 is 11.3 Å². The van der Waals surface area contributed by atoms with Gasteiger partial charge in [0.25, 0.3) is 0 Å². The summed E-state index contributed by atoms with van der Waals surface area (Å²) in [6, 6.07) is 4.38. The van der Waals surface area contributed by atoms with E-state index in [2.05, 4.69) is 44.9 Å². The van der Waals surface area contributed by atoms with Crippen LogP contribution < -0.4 is 5.32 Å². The predicted molar refractivity (Wildman–Crippen MR) is 56.0 cm³/mol. The Morgan fingerprint density at radius 1 is 1.64 bits per heavy atom. The molecule has 2 rings (SSSR count). The molecule has 1 atom stereocenters. The molecule has 74 valence electrons. The van der Waals surface area contributed by atoms with Gasteiger partial charge in [0.1, 0.15) is 12.2 Å². The van der Waals surface area contributed by atoms with Crippen molar-refractivity contribution in [1.29, 1.82) is 0 Å². The van der Waals surface area contributed by atoms with E-state index in [1.807, 2.05) is 0 Å². The summed E-state index contributed by atoms with van der Waals surface area (Å²) in [5.74, 6) is 0.876. The number of H-pyrrole nitrogens is 1. The molecule has 0 aliphatic rings. The molecule has 0 bridgehead atoms. The number of nitrogens with zero attached hydrogens (tertiary/aromatic N) is 2. The Morgan fingerprint density at radius 3 is 3.21 bits per heavy atom. The van der Waals surface area contributed by atoms with E-state index < -0.39 is 0 Å². The van der Waals surface area contributed by atoms with Crippen LogP contribution in [0.5, 0.6) is 0 Å². The first kappa shape index (κ1) is 9.36. The molecule has 0 aliphatic carbocycles. The third-order valence-electron chi connectivity index (χ3n) is 2.01. The molecule has 2 aromatic rings. The van der Waals surface area contributed by atoms with Gasteiger partial charge in [-0.1, -0.05) is 6.07 Å². The Balaban J connectivity index is 1.87. The lowest BCUT2D eigenvalue weighted by Gasteiger charge is -2.09. The Labute approximate surface area is 86.4 Å². The van der Waals surface area contributed by atoms with E-state index in [9.17, 15) is 0 Å². The molecule has 0 aromatic carbocycles. The van der Waals surface area contributed by atoms with E-state index in [0.29, 0.717) is 0 Å². The highest BCUT2D eigenvalue weighted by Gasteiger charge is 2.06. The summed E-state index contributed by atoms with van der Waals surface area (Å²) in [6.45, 7) is 2.94. The van der Waals surface area contributed by atoms with Gasteiger partial charge in [-0.15, -0.1) is 11.3 Å². The van der Waals surface area contributed by atoms with Crippen molar-refractivity contribution in [2.75, 3.05) is 0 Å². The molecule has 2 N–H and O–H groups in total. The molecule has 0 spiro atoms. The smallest absolute Gasteiger partial charge is 0.141 e. The summed E-state index contributed by atoms with van der Waals surface area (Å²) in [5, 5.41) is 12.1. The van der Waals surface area contributed by atoms with Crippen LogP contribution in [0.1, 0.15) is 23.7 Å².